The van der Waals surface area contributed by atoms with Crippen LogP contribution in [-0.4, -0.2) is 70.0 Å². The van der Waals surface area contributed by atoms with E-state index in [0.717, 1.165) is 11.1 Å². The Balaban J connectivity index is 1.22. The van der Waals surface area contributed by atoms with Crippen molar-refractivity contribution >= 4 is 23.5 Å². The third kappa shape index (κ3) is 5.32. The third-order valence-electron chi connectivity index (χ3n) is 6.56. The summed E-state index contributed by atoms with van der Waals surface area (Å²) < 4.78 is 0. The second kappa shape index (κ2) is 10.6. The molecule has 2 unspecified atom stereocenters. The number of aromatic nitrogens is 1. The highest BCUT2D eigenvalue weighted by molar-refractivity contribution is 5.97. The van der Waals surface area contributed by atoms with E-state index in [0.29, 0.717) is 44.3 Å². The molecule has 2 aromatic rings. The number of hydrogen-bond donors (Lipinski definition) is 1. The SMILES string of the molecule is Cc1ccc(C(=O)NCCCCC(=O)N2CCC3C2C(=O)CN3C(=O)Cc2cccnc2)cc1. The van der Waals surface area contributed by atoms with Crippen LogP contribution in [0.1, 0.15) is 47.2 Å². The third-order valence-corrected chi connectivity index (χ3v) is 6.56. The van der Waals surface area contributed by atoms with E-state index in [2.05, 4.69) is 10.3 Å². The number of unbranched alkanes of at least 4 members (excludes halogenated alkanes) is 1. The minimum Gasteiger partial charge on any atom is -0.352 e. The molecular weight excluding hydrogens is 432 g/mol. The quantitative estimate of drug-likeness (QED) is 0.604. The van der Waals surface area contributed by atoms with Crippen LogP contribution in [0.2, 0.25) is 0 Å². The van der Waals surface area contributed by atoms with Gasteiger partial charge in [0.2, 0.25) is 11.8 Å². The minimum absolute atomic E-state index is 0.0588. The summed E-state index contributed by atoms with van der Waals surface area (Å²) in [5.74, 6) is -0.359. The molecular formula is C26H30N4O4. The number of nitrogens with zero attached hydrogens (tertiary/aromatic N) is 3. The van der Waals surface area contributed by atoms with Crippen LogP contribution in [0.4, 0.5) is 0 Å². The molecule has 3 amide bonds. The number of ketones is 1. The number of benzene rings is 1. The van der Waals surface area contributed by atoms with Gasteiger partial charge >= 0.3 is 0 Å². The number of likely N-dealkylation sites (tertiary alicyclic amines) is 2. The predicted molar refractivity (Wildman–Crippen MR) is 126 cm³/mol. The van der Waals surface area contributed by atoms with Crippen LogP contribution in [0.15, 0.2) is 48.8 Å². The average molecular weight is 463 g/mol. The number of rotatable bonds is 8. The molecule has 0 spiro atoms. The largest absolute Gasteiger partial charge is 0.352 e. The zero-order chi connectivity index (χ0) is 24.1. The molecule has 4 rings (SSSR count). The lowest BCUT2D eigenvalue weighted by atomic mass is 10.1. The van der Waals surface area contributed by atoms with Crippen molar-refractivity contribution in [1.82, 2.24) is 20.1 Å². The Hall–Kier alpha value is -3.55. The lowest BCUT2D eigenvalue weighted by molar-refractivity contribution is -0.136. The first-order valence-electron chi connectivity index (χ1n) is 11.8. The molecule has 2 saturated heterocycles. The molecule has 0 aliphatic carbocycles. The maximum Gasteiger partial charge on any atom is 0.251 e. The number of aryl methyl sites for hydroxylation is 1. The smallest absolute Gasteiger partial charge is 0.251 e. The van der Waals surface area contributed by atoms with E-state index in [9.17, 15) is 19.2 Å². The van der Waals surface area contributed by atoms with Crippen LogP contribution in [-0.2, 0) is 20.8 Å². The number of pyridine rings is 1. The summed E-state index contributed by atoms with van der Waals surface area (Å²) in [6.07, 6.45) is 5.75. The molecule has 2 aliphatic heterocycles. The predicted octanol–water partition coefficient (Wildman–Crippen LogP) is 1.91. The molecule has 0 saturated carbocycles. The van der Waals surface area contributed by atoms with Crippen molar-refractivity contribution in [2.24, 2.45) is 0 Å². The minimum atomic E-state index is -0.536. The van der Waals surface area contributed by atoms with Gasteiger partial charge in [-0.2, -0.15) is 0 Å². The fraction of sp³-hybridized carbons (Fsp3) is 0.423. The Bertz CT molecular complexity index is 1050. The van der Waals surface area contributed by atoms with Gasteiger partial charge in [0.1, 0.15) is 6.04 Å². The summed E-state index contributed by atoms with van der Waals surface area (Å²) in [5, 5.41) is 2.88. The molecule has 34 heavy (non-hydrogen) atoms. The lowest BCUT2D eigenvalue weighted by Gasteiger charge is -2.24. The van der Waals surface area contributed by atoms with E-state index in [-0.39, 0.29) is 42.5 Å². The van der Waals surface area contributed by atoms with Gasteiger partial charge in [-0.3, -0.25) is 24.2 Å². The Morgan fingerprint density at radius 1 is 1.06 bits per heavy atom. The maximum absolute atomic E-state index is 12.8. The fourth-order valence-corrected chi connectivity index (χ4v) is 4.75. The number of carbonyl (C=O) groups excluding carboxylic acids is 4. The van der Waals surface area contributed by atoms with Gasteiger partial charge in [0.25, 0.3) is 5.91 Å². The Kier molecular flexibility index (Phi) is 7.35. The first-order valence-corrected chi connectivity index (χ1v) is 11.8. The van der Waals surface area contributed by atoms with Crippen molar-refractivity contribution in [2.75, 3.05) is 19.6 Å². The maximum atomic E-state index is 12.8. The number of amides is 3. The van der Waals surface area contributed by atoms with E-state index in [1.807, 2.05) is 25.1 Å². The molecule has 1 aromatic heterocycles. The molecule has 8 nitrogen and oxygen atoms in total. The van der Waals surface area contributed by atoms with Crippen LogP contribution >= 0.6 is 0 Å². The zero-order valence-electron chi connectivity index (χ0n) is 19.4. The van der Waals surface area contributed by atoms with Crippen molar-refractivity contribution < 1.29 is 19.2 Å². The number of carbonyl (C=O) groups is 4. The van der Waals surface area contributed by atoms with Crippen molar-refractivity contribution in [3.05, 3.63) is 65.5 Å². The first-order chi connectivity index (χ1) is 16.4. The summed E-state index contributed by atoms with van der Waals surface area (Å²) in [6, 6.07) is 10.2. The first kappa shape index (κ1) is 23.6. The van der Waals surface area contributed by atoms with Gasteiger partial charge in [-0.15, -0.1) is 0 Å². The van der Waals surface area contributed by atoms with Gasteiger partial charge in [0.05, 0.1) is 19.0 Å². The molecule has 8 heteroatoms. The lowest BCUT2D eigenvalue weighted by Crippen LogP contribution is -2.43. The molecule has 1 N–H and O–H groups in total. The molecule has 0 radical (unpaired) electrons. The van der Waals surface area contributed by atoms with Gasteiger partial charge < -0.3 is 15.1 Å². The highest BCUT2D eigenvalue weighted by atomic mass is 16.2. The van der Waals surface area contributed by atoms with E-state index in [1.165, 1.54) is 0 Å². The van der Waals surface area contributed by atoms with Crippen LogP contribution in [0.3, 0.4) is 0 Å². The molecule has 0 bridgehead atoms. The fourth-order valence-electron chi connectivity index (χ4n) is 4.75. The normalized spacial score (nSPS) is 19.3. The van der Waals surface area contributed by atoms with Crippen LogP contribution in [0.25, 0.3) is 0 Å². The van der Waals surface area contributed by atoms with Crippen molar-refractivity contribution in [3.8, 4) is 0 Å². The second-order valence-corrected chi connectivity index (χ2v) is 8.99. The summed E-state index contributed by atoms with van der Waals surface area (Å²) in [5.41, 5.74) is 2.52. The topological polar surface area (TPSA) is 99.7 Å². The Labute approximate surface area is 199 Å². The van der Waals surface area contributed by atoms with Crippen LogP contribution in [0, 0.1) is 6.92 Å². The van der Waals surface area contributed by atoms with Gasteiger partial charge in [-0.1, -0.05) is 23.8 Å². The summed E-state index contributed by atoms with van der Waals surface area (Å²) in [6.45, 7) is 3.00. The van der Waals surface area contributed by atoms with Crippen LogP contribution < -0.4 is 5.32 Å². The monoisotopic (exact) mass is 462 g/mol. The summed E-state index contributed by atoms with van der Waals surface area (Å²) >= 11 is 0. The molecule has 3 heterocycles. The Morgan fingerprint density at radius 2 is 1.85 bits per heavy atom. The number of hydrogen-bond acceptors (Lipinski definition) is 5. The van der Waals surface area contributed by atoms with Gasteiger partial charge in [-0.25, -0.2) is 0 Å². The zero-order valence-corrected chi connectivity index (χ0v) is 19.4. The highest BCUT2D eigenvalue weighted by Crippen LogP contribution is 2.30. The van der Waals surface area contributed by atoms with Crippen LogP contribution in [0.5, 0.6) is 0 Å². The molecule has 2 aliphatic rings. The highest BCUT2D eigenvalue weighted by Gasteiger charge is 2.50. The van der Waals surface area contributed by atoms with Crippen molar-refractivity contribution in [1.29, 1.82) is 0 Å². The number of Topliss-reactive ketones (excluding diaryl/α,β-unsaturated/α-hetero) is 1. The van der Waals surface area contributed by atoms with Gasteiger partial charge in [-0.05, 0) is 49.9 Å². The van der Waals surface area contributed by atoms with Crippen molar-refractivity contribution in [3.63, 3.8) is 0 Å². The summed E-state index contributed by atoms with van der Waals surface area (Å²) in [7, 11) is 0. The van der Waals surface area contributed by atoms with Gasteiger partial charge in [0, 0.05) is 37.5 Å². The molecule has 2 fully saturated rings. The molecule has 2 atom stereocenters. The van der Waals surface area contributed by atoms with Crippen molar-refractivity contribution in [2.45, 2.75) is 51.1 Å². The van der Waals surface area contributed by atoms with E-state index < -0.39 is 6.04 Å². The Morgan fingerprint density at radius 3 is 2.59 bits per heavy atom. The number of fused-ring (bicyclic) bond motifs is 1. The standard InChI is InChI=1S/C26H30N4O4/c1-18-7-9-20(10-8-18)26(34)28-13-3-2-6-23(32)29-14-11-21-25(29)22(31)17-30(21)24(33)15-19-5-4-12-27-16-19/h4-5,7-10,12,16,21,25H,2-3,6,11,13-15,17H2,1H3,(H,28,34). The van der Waals surface area contributed by atoms with E-state index in [4.69, 9.17) is 0 Å². The van der Waals surface area contributed by atoms with Gasteiger partial charge in [0.15, 0.2) is 5.78 Å². The molecule has 178 valence electrons. The van der Waals surface area contributed by atoms with E-state index >= 15 is 0 Å². The van der Waals surface area contributed by atoms with E-state index in [1.54, 1.807) is 40.4 Å². The summed E-state index contributed by atoms with van der Waals surface area (Å²) in [4.78, 5) is 57.8. The molecule has 1 aromatic carbocycles. The number of nitrogens with one attached hydrogen (secondary N) is 1. The second-order valence-electron chi connectivity index (χ2n) is 8.99. The average Bonchev–Trinajstić information content (AvgIpc) is 3.41.